The van der Waals surface area contributed by atoms with Gasteiger partial charge in [0.15, 0.2) is 11.7 Å². The number of amides is 1. The van der Waals surface area contributed by atoms with Gasteiger partial charge < -0.3 is 4.74 Å². The second kappa shape index (κ2) is 8.08. The van der Waals surface area contributed by atoms with Crippen molar-refractivity contribution in [3.05, 3.63) is 63.0 Å². The normalized spacial score (nSPS) is 10.6. The maximum Gasteiger partial charge on any atom is 0.264 e. The Bertz CT molecular complexity index is 939. The molecule has 0 spiro atoms. The molecule has 0 aliphatic rings. The number of carbonyl (C=O) groups is 1. The number of hydrogen-bond donors (Lipinski definition) is 1. The second-order valence-corrected chi connectivity index (χ2v) is 7.75. The Morgan fingerprint density at radius 2 is 1.88 bits per heavy atom. The zero-order chi connectivity index (χ0) is 18.7. The van der Waals surface area contributed by atoms with Crippen molar-refractivity contribution in [2.24, 2.45) is 0 Å². The van der Waals surface area contributed by atoms with Crippen molar-refractivity contribution in [3.8, 4) is 17.0 Å². The summed E-state index contributed by atoms with van der Waals surface area (Å²) in [6.07, 6.45) is 0. The number of nitrogens with zero attached hydrogens (tertiary/aromatic N) is 1. The fraction of sp³-hybridized carbons (Fsp3) is 0.158. The van der Waals surface area contributed by atoms with Crippen molar-refractivity contribution < 1.29 is 9.53 Å². The van der Waals surface area contributed by atoms with Gasteiger partial charge in [-0.3, -0.25) is 10.1 Å². The van der Waals surface area contributed by atoms with Crippen molar-refractivity contribution in [2.45, 2.75) is 13.8 Å². The van der Waals surface area contributed by atoms with Gasteiger partial charge in [-0.05, 0) is 32.0 Å². The van der Waals surface area contributed by atoms with E-state index < -0.39 is 0 Å². The first-order valence-electron chi connectivity index (χ1n) is 7.84. The van der Waals surface area contributed by atoms with Crippen molar-refractivity contribution in [3.63, 3.8) is 0 Å². The number of ether oxygens (including phenoxy) is 1. The molecule has 1 amide bonds. The quantitative estimate of drug-likeness (QED) is 0.586. The lowest BCUT2D eigenvalue weighted by molar-refractivity contribution is -0.118. The summed E-state index contributed by atoms with van der Waals surface area (Å²) in [5, 5.41) is 4.16. The summed E-state index contributed by atoms with van der Waals surface area (Å²) in [7, 11) is 0. The van der Waals surface area contributed by atoms with Crippen molar-refractivity contribution >= 4 is 45.6 Å². The Morgan fingerprint density at radius 3 is 2.58 bits per heavy atom. The third-order valence-corrected chi connectivity index (χ3v) is 5.04. The van der Waals surface area contributed by atoms with E-state index in [-0.39, 0.29) is 12.5 Å². The van der Waals surface area contributed by atoms with E-state index in [4.69, 9.17) is 27.9 Å². The first-order valence-corrected chi connectivity index (χ1v) is 9.42. The Kier molecular flexibility index (Phi) is 5.81. The van der Waals surface area contributed by atoms with Crippen LogP contribution in [0, 0.1) is 13.8 Å². The SMILES string of the molecule is Cc1ccc(-c2nc(NC(=O)COc3ccc(Cl)cc3Cl)sc2C)cc1. The molecule has 26 heavy (non-hydrogen) atoms. The van der Waals surface area contributed by atoms with E-state index in [1.54, 1.807) is 18.2 Å². The van der Waals surface area contributed by atoms with Crippen molar-refractivity contribution in [2.75, 3.05) is 11.9 Å². The molecule has 0 fully saturated rings. The largest absolute Gasteiger partial charge is 0.482 e. The first-order chi connectivity index (χ1) is 12.4. The summed E-state index contributed by atoms with van der Waals surface area (Å²) in [5.74, 6) is 0.0992. The summed E-state index contributed by atoms with van der Waals surface area (Å²) in [6.45, 7) is 3.85. The minimum absolute atomic E-state index is 0.167. The van der Waals surface area contributed by atoms with E-state index >= 15 is 0 Å². The van der Waals surface area contributed by atoms with E-state index in [2.05, 4.69) is 10.3 Å². The molecular weight excluding hydrogens is 391 g/mol. The van der Waals surface area contributed by atoms with Crippen LogP contribution in [0.2, 0.25) is 10.0 Å². The molecule has 0 unspecified atom stereocenters. The van der Waals surface area contributed by atoms with Crippen molar-refractivity contribution in [1.29, 1.82) is 0 Å². The molecular formula is C19H16Cl2N2O2S. The summed E-state index contributed by atoms with van der Waals surface area (Å²) >= 11 is 13.3. The van der Waals surface area contributed by atoms with Gasteiger partial charge in [0.1, 0.15) is 5.75 Å². The third-order valence-electron chi connectivity index (χ3n) is 3.62. The molecule has 1 heterocycles. The number of carbonyl (C=O) groups excluding carboxylic acids is 1. The summed E-state index contributed by atoms with van der Waals surface area (Å²) < 4.78 is 5.43. The number of halogens is 2. The average molecular weight is 407 g/mol. The van der Waals surface area contributed by atoms with Crippen LogP contribution in [0.5, 0.6) is 5.75 Å². The fourth-order valence-corrected chi connectivity index (χ4v) is 3.64. The monoisotopic (exact) mass is 406 g/mol. The number of nitrogens with one attached hydrogen (secondary N) is 1. The Morgan fingerprint density at radius 1 is 1.15 bits per heavy atom. The predicted octanol–water partition coefficient (Wildman–Crippen LogP) is 5.75. The van der Waals surface area contributed by atoms with Crippen LogP contribution in [-0.2, 0) is 4.79 Å². The predicted molar refractivity (Wildman–Crippen MR) is 108 cm³/mol. The molecule has 0 aliphatic heterocycles. The van der Waals surface area contributed by atoms with E-state index in [1.807, 2.05) is 38.1 Å². The zero-order valence-electron chi connectivity index (χ0n) is 14.2. The summed E-state index contributed by atoms with van der Waals surface area (Å²) in [4.78, 5) is 17.7. The molecule has 1 aromatic heterocycles. The van der Waals surface area contributed by atoms with Gasteiger partial charge >= 0.3 is 0 Å². The maximum atomic E-state index is 12.1. The van der Waals surface area contributed by atoms with Crippen LogP contribution < -0.4 is 10.1 Å². The van der Waals surface area contributed by atoms with Gasteiger partial charge in [-0.1, -0.05) is 53.0 Å². The molecule has 1 N–H and O–H groups in total. The molecule has 4 nitrogen and oxygen atoms in total. The molecule has 0 saturated carbocycles. The molecule has 0 radical (unpaired) electrons. The van der Waals surface area contributed by atoms with Crippen LogP contribution >= 0.6 is 34.5 Å². The first kappa shape index (κ1) is 18.7. The highest BCUT2D eigenvalue weighted by Crippen LogP contribution is 2.31. The number of aryl methyl sites for hydroxylation is 2. The van der Waals surface area contributed by atoms with E-state index in [9.17, 15) is 4.79 Å². The van der Waals surface area contributed by atoms with Crippen LogP contribution in [-0.4, -0.2) is 17.5 Å². The van der Waals surface area contributed by atoms with Gasteiger partial charge in [0.2, 0.25) is 0 Å². The van der Waals surface area contributed by atoms with Crippen LogP contribution in [0.15, 0.2) is 42.5 Å². The van der Waals surface area contributed by atoms with Crippen LogP contribution in [0.1, 0.15) is 10.4 Å². The lowest BCUT2D eigenvalue weighted by Crippen LogP contribution is -2.20. The molecule has 0 aliphatic carbocycles. The number of aromatic nitrogens is 1. The van der Waals surface area contributed by atoms with Gasteiger partial charge in [0, 0.05) is 15.5 Å². The topological polar surface area (TPSA) is 51.2 Å². The van der Waals surface area contributed by atoms with Gasteiger partial charge in [-0.25, -0.2) is 4.98 Å². The molecule has 0 saturated heterocycles. The smallest absolute Gasteiger partial charge is 0.264 e. The molecule has 3 rings (SSSR count). The highest BCUT2D eigenvalue weighted by molar-refractivity contribution is 7.16. The van der Waals surface area contributed by atoms with Gasteiger partial charge in [-0.15, -0.1) is 11.3 Å². The third kappa shape index (κ3) is 4.55. The molecule has 134 valence electrons. The highest BCUT2D eigenvalue weighted by atomic mass is 35.5. The van der Waals surface area contributed by atoms with Gasteiger partial charge in [-0.2, -0.15) is 0 Å². The Labute approximate surface area is 165 Å². The number of anilines is 1. The van der Waals surface area contributed by atoms with Crippen LogP contribution in [0.4, 0.5) is 5.13 Å². The number of benzene rings is 2. The highest BCUT2D eigenvalue weighted by Gasteiger charge is 2.13. The molecule has 7 heteroatoms. The van der Waals surface area contributed by atoms with Crippen LogP contribution in [0.25, 0.3) is 11.3 Å². The van der Waals surface area contributed by atoms with Gasteiger partial charge in [0.05, 0.1) is 10.7 Å². The average Bonchev–Trinajstić information content (AvgIpc) is 2.95. The number of rotatable bonds is 5. The molecule has 3 aromatic rings. The minimum Gasteiger partial charge on any atom is -0.482 e. The second-order valence-electron chi connectivity index (χ2n) is 5.70. The zero-order valence-corrected chi connectivity index (χ0v) is 16.5. The van der Waals surface area contributed by atoms with E-state index in [1.165, 1.54) is 16.9 Å². The molecule has 2 aromatic carbocycles. The van der Waals surface area contributed by atoms with Gasteiger partial charge in [0.25, 0.3) is 5.91 Å². The molecule has 0 bridgehead atoms. The fourth-order valence-electron chi connectivity index (χ4n) is 2.32. The summed E-state index contributed by atoms with van der Waals surface area (Å²) in [5.41, 5.74) is 3.08. The molecule has 0 atom stereocenters. The lowest BCUT2D eigenvalue weighted by Gasteiger charge is -2.07. The number of thiazole rings is 1. The Balaban J connectivity index is 1.64. The summed E-state index contributed by atoms with van der Waals surface area (Å²) in [6, 6.07) is 13.0. The minimum atomic E-state index is -0.305. The van der Waals surface area contributed by atoms with Crippen molar-refractivity contribution in [1.82, 2.24) is 4.98 Å². The standard InChI is InChI=1S/C19H16Cl2N2O2S/c1-11-3-5-13(6-4-11)18-12(2)26-19(23-18)22-17(24)10-25-16-8-7-14(20)9-15(16)21/h3-9H,10H2,1-2H3,(H,22,23,24). The van der Waals surface area contributed by atoms with E-state index in [0.29, 0.717) is 20.9 Å². The maximum absolute atomic E-state index is 12.1. The Hall–Kier alpha value is -2.08. The lowest BCUT2D eigenvalue weighted by atomic mass is 10.1. The van der Waals surface area contributed by atoms with E-state index in [0.717, 1.165) is 16.1 Å². The number of hydrogen-bond acceptors (Lipinski definition) is 4. The van der Waals surface area contributed by atoms with Crippen LogP contribution in [0.3, 0.4) is 0 Å².